The molecule has 6 aliphatic carbocycles. The Labute approximate surface area is 165 Å². The van der Waals surface area contributed by atoms with Crippen LogP contribution in [0.1, 0.15) is 25.8 Å². The second-order valence-electron chi connectivity index (χ2n) is 9.81. The zero-order valence-electron chi connectivity index (χ0n) is 16.3. The maximum atomic E-state index is 12.3. The SMILES string of the molecule is COC(=O)C12C3C4C1C1C2C3C41c1nc(-c2ccc3c(c2)n[nH][n+]3C(C)C)no1. The van der Waals surface area contributed by atoms with Gasteiger partial charge in [-0.2, -0.15) is 9.67 Å². The van der Waals surface area contributed by atoms with E-state index in [1.165, 1.54) is 7.11 Å². The van der Waals surface area contributed by atoms with Gasteiger partial charge >= 0.3 is 5.97 Å². The molecule has 0 radical (unpaired) electrons. The van der Waals surface area contributed by atoms with E-state index in [4.69, 9.17) is 14.2 Å². The van der Waals surface area contributed by atoms with Gasteiger partial charge in [0, 0.05) is 16.7 Å². The van der Waals surface area contributed by atoms with E-state index in [1.807, 2.05) is 16.8 Å². The molecule has 29 heavy (non-hydrogen) atoms. The molecule has 8 nitrogen and oxygen atoms in total. The van der Waals surface area contributed by atoms with Crippen molar-refractivity contribution in [1.29, 1.82) is 0 Å². The van der Waals surface area contributed by atoms with Gasteiger partial charge in [-0.15, -0.1) is 0 Å². The molecule has 3 aromatic rings. The highest BCUT2D eigenvalue weighted by atomic mass is 16.5. The third-order valence-electron chi connectivity index (χ3n) is 9.25. The zero-order valence-corrected chi connectivity index (χ0v) is 16.3. The van der Waals surface area contributed by atoms with Crippen molar-refractivity contribution in [1.82, 2.24) is 20.5 Å². The summed E-state index contributed by atoms with van der Waals surface area (Å²) in [5, 5.41) is 11.8. The molecule has 0 unspecified atom stereocenters. The lowest BCUT2D eigenvalue weighted by molar-refractivity contribution is -0.748. The van der Waals surface area contributed by atoms with Gasteiger partial charge in [-0.25, -0.2) is 0 Å². The number of carbonyl (C=O) groups is 1. The molecule has 6 fully saturated rings. The van der Waals surface area contributed by atoms with Crippen molar-refractivity contribution in [3.8, 4) is 11.4 Å². The Balaban J connectivity index is 1.13. The highest BCUT2D eigenvalue weighted by Gasteiger charge is 3.13. The van der Waals surface area contributed by atoms with Gasteiger partial charge in [-0.3, -0.25) is 4.79 Å². The molecule has 146 valence electrons. The number of aromatic nitrogens is 5. The van der Waals surface area contributed by atoms with Crippen molar-refractivity contribution in [2.45, 2.75) is 25.3 Å². The predicted octanol–water partition coefficient (Wildman–Crippen LogP) is 1.64. The topological polar surface area (TPSA) is 97.8 Å². The third-order valence-corrected chi connectivity index (χ3v) is 9.25. The first-order valence-corrected chi connectivity index (χ1v) is 10.4. The Kier molecular flexibility index (Phi) is 2.13. The van der Waals surface area contributed by atoms with Crippen LogP contribution in [0.3, 0.4) is 0 Å². The quantitative estimate of drug-likeness (QED) is 0.537. The van der Waals surface area contributed by atoms with Crippen molar-refractivity contribution >= 4 is 17.0 Å². The fraction of sp³-hybridized carbons (Fsp3) is 0.571. The van der Waals surface area contributed by atoms with E-state index < -0.39 is 0 Å². The molecule has 1 aromatic carbocycles. The van der Waals surface area contributed by atoms with E-state index in [2.05, 4.69) is 35.4 Å². The summed E-state index contributed by atoms with van der Waals surface area (Å²) in [6.45, 7) is 4.23. The highest BCUT2D eigenvalue weighted by molar-refractivity contribution is 5.89. The number of benzene rings is 1. The number of nitrogens with one attached hydrogen (secondary N) is 1. The first-order valence-electron chi connectivity index (χ1n) is 10.4. The standard InChI is InChI=1S/C21H19N5O3/c1-7(2)26-10-5-4-8(6-9(10)23-25-26)17-22-18(29-24-17)20-11-14-12(20)16-13(20)15(11)21(14,16)19(27)28-3/h4-7,11-16H,1-3H3/p+1. The van der Waals surface area contributed by atoms with Gasteiger partial charge in [0.2, 0.25) is 22.7 Å². The van der Waals surface area contributed by atoms with Gasteiger partial charge in [-0.1, -0.05) is 10.4 Å². The monoisotopic (exact) mass is 390 g/mol. The number of rotatable bonds is 4. The number of H-pyrrole nitrogens is 1. The summed E-state index contributed by atoms with van der Waals surface area (Å²) in [6.07, 6.45) is 0. The van der Waals surface area contributed by atoms with Gasteiger partial charge in [0.25, 0.3) is 0 Å². The first kappa shape index (κ1) is 15.1. The number of hydrogen-bond donors (Lipinski definition) is 1. The summed E-state index contributed by atoms with van der Waals surface area (Å²) in [7, 11) is 1.52. The van der Waals surface area contributed by atoms with Crippen LogP contribution in [0, 0.1) is 40.9 Å². The average molecular weight is 390 g/mol. The van der Waals surface area contributed by atoms with Crippen molar-refractivity contribution in [2.75, 3.05) is 7.11 Å². The fourth-order valence-corrected chi connectivity index (χ4v) is 8.57. The molecule has 6 aliphatic rings. The maximum Gasteiger partial charge on any atom is 0.312 e. The Morgan fingerprint density at radius 3 is 2.59 bits per heavy atom. The van der Waals surface area contributed by atoms with Crippen LogP contribution < -0.4 is 4.68 Å². The van der Waals surface area contributed by atoms with Gasteiger partial charge in [-0.05, 0) is 61.5 Å². The van der Waals surface area contributed by atoms with Crippen LogP contribution in [-0.4, -0.2) is 33.5 Å². The normalized spacial score (nSPS) is 43.7. The van der Waals surface area contributed by atoms with Crippen LogP contribution >= 0.6 is 0 Å². The van der Waals surface area contributed by atoms with E-state index in [0.717, 1.165) is 22.5 Å². The molecule has 0 atom stereocenters. The Bertz CT molecular complexity index is 1220. The molecule has 0 saturated heterocycles. The summed E-state index contributed by atoms with van der Waals surface area (Å²) in [6, 6.07) is 6.39. The molecule has 2 aromatic heterocycles. The number of hydrogen-bond acceptors (Lipinski definition) is 6. The molecule has 1 N–H and O–H groups in total. The van der Waals surface area contributed by atoms with Crippen molar-refractivity contribution < 1.29 is 18.7 Å². The molecule has 6 saturated carbocycles. The number of fused-ring (bicyclic) bond motifs is 1. The minimum absolute atomic E-state index is 0.0201. The van der Waals surface area contributed by atoms with Crippen LogP contribution in [0.15, 0.2) is 22.7 Å². The summed E-state index contributed by atoms with van der Waals surface area (Å²) in [5.41, 5.74) is 2.80. The van der Waals surface area contributed by atoms with Crippen LogP contribution in [0.25, 0.3) is 22.4 Å². The molecule has 2 heterocycles. The van der Waals surface area contributed by atoms with Crippen LogP contribution in [0.2, 0.25) is 0 Å². The minimum Gasteiger partial charge on any atom is -0.469 e. The molecular weight excluding hydrogens is 370 g/mol. The summed E-state index contributed by atoms with van der Waals surface area (Å²) in [4.78, 5) is 17.1. The van der Waals surface area contributed by atoms with Crippen molar-refractivity contribution in [3.05, 3.63) is 24.1 Å². The predicted molar refractivity (Wildman–Crippen MR) is 97.0 cm³/mol. The van der Waals surface area contributed by atoms with Gasteiger partial charge in [0.05, 0.1) is 17.9 Å². The minimum atomic E-state index is -0.129. The lowest BCUT2D eigenvalue weighted by Gasteiger charge is -3.09. The lowest BCUT2D eigenvalue weighted by atomic mass is 8.92. The molecular formula is C21H20N5O3+. The lowest BCUT2D eigenvalue weighted by Crippen LogP contribution is -3.12. The summed E-state index contributed by atoms with van der Waals surface area (Å²) >= 11 is 0. The second kappa shape index (κ2) is 4.08. The van der Waals surface area contributed by atoms with E-state index in [0.29, 0.717) is 47.4 Å². The Morgan fingerprint density at radius 1 is 1.21 bits per heavy atom. The Hall–Kier alpha value is -2.77. The highest BCUT2D eigenvalue weighted by Crippen LogP contribution is 3.09. The number of esters is 1. The number of methoxy groups -OCH3 is 1. The summed E-state index contributed by atoms with van der Waals surface area (Å²) < 4.78 is 12.9. The largest absolute Gasteiger partial charge is 0.469 e. The van der Waals surface area contributed by atoms with E-state index >= 15 is 0 Å². The van der Waals surface area contributed by atoms with Crippen molar-refractivity contribution in [2.24, 2.45) is 40.9 Å². The molecule has 0 aliphatic heterocycles. The molecule has 8 heteroatoms. The molecule has 0 amide bonds. The zero-order chi connectivity index (χ0) is 19.4. The molecule has 9 rings (SSSR count). The smallest absolute Gasteiger partial charge is 0.312 e. The van der Waals surface area contributed by atoms with Gasteiger partial charge in [0.15, 0.2) is 0 Å². The number of ether oxygens (including phenoxy) is 1. The summed E-state index contributed by atoms with van der Waals surface area (Å²) in [5.74, 6) is 4.57. The van der Waals surface area contributed by atoms with Gasteiger partial charge in [0.1, 0.15) is 6.04 Å². The van der Waals surface area contributed by atoms with Gasteiger partial charge < -0.3 is 9.26 Å². The first-order chi connectivity index (χ1) is 14.1. The van der Waals surface area contributed by atoms with Crippen LogP contribution in [-0.2, 0) is 14.9 Å². The van der Waals surface area contributed by atoms with E-state index in [-0.39, 0.29) is 16.8 Å². The molecule has 0 bridgehead atoms. The van der Waals surface area contributed by atoms with E-state index in [9.17, 15) is 4.79 Å². The maximum absolute atomic E-state index is 12.3. The number of carbonyl (C=O) groups excluding carboxylic acids is 1. The van der Waals surface area contributed by atoms with Crippen LogP contribution in [0.4, 0.5) is 0 Å². The second-order valence-corrected chi connectivity index (χ2v) is 9.81. The fourth-order valence-electron chi connectivity index (χ4n) is 8.57. The molecule has 0 spiro atoms. The number of aromatic amines is 1. The number of nitrogens with zero attached hydrogens (tertiary/aromatic N) is 4. The average Bonchev–Trinajstić information content (AvgIpc) is 3.39. The van der Waals surface area contributed by atoms with Crippen molar-refractivity contribution in [3.63, 3.8) is 0 Å². The van der Waals surface area contributed by atoms with E-state index in [1.54, 1.807) is 0 Å². The van der Waals surface area contributed by atoms with Crippen LogP contribution in [0.5, 0.6) is 0 Å². The Morgan fingerprint density at radius 2 is 1.93 bits per heavy atom. The third kappa shape index (κ3) is 1.12.